The van der Waals surface area contributed by atoms with Gasteiger partial charge >= 0.3 is 5.97 Å². The molecule has 4 N–H and O–H groups in total. The van der Waals surface area contributed by atoms with E-state index in [0.29, 0.717) is 27.7 Å². The molecule has 3 aromatic carbocycles. The quantitative estimate of drug-likeness (QED) is 0.0920. The molecule has 1 saturated carbocycles. The van der Waals surface area contributed by atoms with Crippen LogP contribution >= 0.6 is 11.3 Å². The van der Waals surface area contributed by atoms with Crippen LogP contribution in [0.2, 0.25) is 0 Å². The highest BCUT2D eigenvalue weighted by Gasteiger charge is 2.33. The maximum Gasteiger partial charge on any atom is 0.329 e. The number of benzene rings is 3. The molecule has 2 amide bonds. The molecule has 0 aliphatic heterocycles. The summed E-state index contributed by atoms with van der Waals surface area (Å²) in [6.07, 6.45) is 7.17. The van der Waals surface area contributed by atoms with Gasteiger partial charge in [-0.3, -0.25) is 9.59 Å². The first kappa shape index (κ1) is 38.3. The topological polar surface area (TPSA) is 151 Å². The molecule has 10 nitrogen and oxygen atoms in total. The van der Waals surface area contributed by atoms with E-state index >= 15 is 0 Å². The zero-order valence-corrected chi connectivity index (χ0v) is 31.5. The number of aromatic nitrogens is 2. The van der Waals surface area contributed by atoms with E-state index in [-0.39, 0.29) is 11.8 Å². The van der Waals surface area contributed by atoms with Crippen LogP contribution in [-0.4, -0.2) is 56.7 Å². The molecule has 6 rings (SSSR count). The van der Waals surface area contributed by atoms with E-state index in [1.54, 1.807) is 48.8 Å². The molecule has 2 heterocycles. The number of amides is 2. The van der Waals surface area contributed by atoms with Gasteiger partial charge in [0.1, 0.15) is 17.9 Å². The molecule has 280 valence electrons. The molecule has 0 saturated heterocycles. The van der Waals surface area contributed by atoms with Crippen LogP contribution < -0.4 is 15.4 Å². The lowest BCUT2D eigenvalue weighted by molar-refractivity contribution is -0.145. The van der Waals surface area contributed by atoms with Crippen LogP contribution in [0.15, 0.2) is 103 Å². The Morgan fingerprint density at radius 1 is 0.833 bits per heavy atom. The molecule has 3 unspecified atom stereocenters. The number of carboxylic acid groups (broad SMARTS) is 1. The highest BCUT2D eigenvalue weighted by atomic mass is 32.1. The van der Waals surface area contributed by atoms with Gasteiger partial charge in [-0.1, -0.05) is 100 Å². The second kappa shape index (κ2) is 17.2. The van der Waals surface area contributed by atoms with Crippen molar-refractivity contribution >= 4 is 29.1 Å². The third-order valence-electron chi connectivity index (χ3n) is 9.66. The predicted molar refractivity (Wildman–Crippen MR) is 209 cm³/mol. The first-order valence-corrected chi connectivity index (χ1v) is 19.1. The van der Waals surface area contributed by atoms with E-state index in [0.717, 1.165) is 33.9 Å². The third kappa shape index (κ3) is 9.77. The highest BCUT2D eigenvalue weighted by molar-refractivity contribution is 7.14. The molecule has 0 radical (unpaired) electrons. The summed E-state index contributed by atoms with van der Waals surface area (Å²) >= 11 is 1.34. The molecule has 1 aliphatic carbocycles. The van der Waals surface area contributed by atoms with Gasteiger partial charge in [-0.25, -0.2) is 14.8 Å². The van der Waals surface area contributed by atoms with Gasteiger partial charge in [0, 0.05) is 34.8 Å². The number of carboxylic acids is 1. The van der Waals surface area contributed by atoms with Crippen molar-refractivity contribution in [3.63, 3.8) is 0 Å². The van der Waals surface area contributed by atoms with E-state index in [2.05, 4.69) is 41.4 Å². The Labute approximate surface area is 319 Å². The fourth-order valence-corrected chi connectivity index (χ4v) is 7.43. The Hall–Kier alpha value is -5.39. The number of hydrogen-bond acceptors (Lipinski definition) is 8. The van der Waals surface area contributed by atoms with Crippen molar-refractivity contribution in [2.24, 2.45) is 5.92 Å². The van der Waals surface area contributed by atoms with Gasteiger partial charge in [-0.2, -0.15) is 0 Å². The maximum atomic E-state index is 13.7. The van der Waals surface area contributed by atoms with Crippen LogP contribution in [0.4, 0.5) is 0 Å². The number of nitrogens with one attached hydrogen (secondary N) is 2. The van der Waals surface area contributed by atoms with Gasteiger partial charge in [0.05, 0.1) is 11.5 Å². The smallest absolute Gasteiger partial charge is 0.329 e. The highest BCUT2D eigenvalue weighted by Crippen LogP contribution is 2.30. The van der Waals surface area contributed by atoms with Crippen molar-refractivity contribution in [2.45, 2.75) is 76.5 Å². The number of aliphatic hydroxyl groups excluding tert-OH is 1. The lowest BCUT2D eigenvalue weighted by Gasteiger charge is -2.24. The lowest BCUT2D eigenvalue weighted by atomic mass is 9.95. The number of hydrogen-bond donors (Lipinski definition) is 4. The number of ether oxygens (including phenoxy) is 1. The Kier molecular flexibility index (Phi) is 12.2. The van der Waals surface area contributed by atoms with Crippen LogP contribution in [0.1, 0.15) is 78.2 Å². The van der Waals surface area contributed by atoms with Gasteiger partial charge < -0.3 is 25.6 Å². The molecule has 0 bridgehead atoms. The van der Waals surface area contributed by atoms with Gasteiger partial charge in [0.2, 0.25) is 5.91 Å². The Bertz CT molecular complexity index is 2020. The first-order valence-electron chi connectivity index (χ1n) is 18.3. The number of aliphatic hydroxyl groups is 1. The SMILES string of the molecule is CC(C)(C)c1ccc(C(=O)NC(Cc2ccc(-c3ncc(-c4ccc(OCC5CCCC5)cc4)cn3)cc2)C(=O)NC(C(=O)O)C(O)c2ccccc2)s1. The Morgan fingerprint density at radius 2 is 1.48 bits per heavy atom. The average Bonchev–Trinajstić information content (AvgIpc) is 3.90. The number of rotatable bonds is 14. The van der Waals surface area contributed by atoms with E-state index in [4.69, 9.17) is 4.74 Å². The van der Waals surface area contributed by atoms with E-state index in [1.807, 2.05) is 54.6 Å². The minimum atomic E-state index is -1.65. The zero-order valence-electron chi connectivity index (χ0n) is 30.7. The summed E-state index contributed by atoms with van der Waals surface area (Å²) < 4.78 is 6.00. The molecular formula is C43H46N4O6S. The Morgan fingerprint density at radius 3 is 2.09 bits per heavy atom. The van der Waals surface area contributed by atoms with Gasteiger partial charge in [0.25, 0.3) is 5.91 Å². The van der Waals surface area contributed by atoms with Crippen LogP contribution in [0.25, 0.3) is 22.5 Å². The monoisotopic (exact) mass is 746 g/mol. The Balaban J connectivity index is 1.15. The van der Waals surface area contributed by atoms with Crippen LogP contribution in [-0.2, 0) is 21.4 Å². The molecule has 1 fully saturated rings. The van der Waals surface area contributed by atoms with Crippen molar-refractivity contribution in [3.05, 3.63) is 124 Å². The van der Waals surface area contributed by atoms with Crippen molar-refractivity contribution in [2.75, 3.05) is 6.61 Å². The van der Waals surface area contributed by atoms with Crippen molar-refractivity contribution < 1.29 is 29.3 Å². The van der Waals surface area contributed by atoms with Gasteiger partial charge in [0.15, 0.2) is 11.9 Å². The largest absolute Gasteiger partial charge is 0.493 e. The summed E-state index contributed by atoms with van der Waals surface area (Å²) in [5.41, 5.74) is 3.50. The van der Waals surface area contributed by atoms with Gasteiger partial charge in [-0.15, -0.1) is 11.3 Å². The summed E-state index contributed by atoms with van der Waals surface area (Å²) in [4.78, 5) is 50.1. The number of thiophene rings is 1. The standard InChI is InChI=1S/C43H46N4O6S/c1-43(2,3)36-22-21-35(54-36)41(50)46-34(40(49)47-37(42(51)52)38(48)30-11-5-4-6-12-30)23-27-13-15-31(16-14-27)39-44-24-32(25-45-39)29-17-19-33(20-18-29)53-26-28-9-7-8-10-28/h4-6,11-22,24-25,28,34,37-38,48H,7-10,23,26H2,1-3H3,(H,46,50)(H,47,49)(H,51,52). The molecule has 2 aromatic heterocycles. The van der Waals surface area contributed by atoms with E-state index in [9.17, 15) is 24.6 Å². The maximum absolute atomic E-state index is 13.7. The number of nitrogens with zero attached hydrogens (tertiary/aromatic N) is 2. The molecular weight excluding hydrogens is 701 g/mol. The fourth-order valence-electron chi connectivity index (χ4n) is 6.46. The second-order valence-corrected chi connectivity index (χ2v) is 15.9. The minimum Gasteiger partial charge on any atom is -0.493 e. The molecule has 1 aliphatic rings. The number of carbonyl (C=O) groups excluding carboxylic acids is 2. The summed E-state index contributed by atoms with van der Waals surface area (Å²) in [5.74, 6) is -0.575. The molecule has 0 spiro atoms. The van der Waals surface area contributed by atoms with E-state index < -0.39 is 36.0 Å². The lowest BCUT2D eigenvalue weighted by Crippen LogP contribution is -2.54. The fraction of sp³-hybridized carbons (Fsp3) is 0.326. The molecule has 5 aromatic rings. The van der Waals surface area contributed by atoms with Gasteiger partial charge in [-0.05, 0) is 65.1 Å². The normalized spacial score (nSPS) is 14.9. The predicted octanol–water partition coefficient (Wildman–Crippen LogP) is 7.38. The summed E-state index contributed by atoms with van der Waals surface area (Å²) in [5, 5.41) is 26.2. The van der Waals surface area contributed by atoms with Crippen LogP contribution in [0.5, 0.6) is 5.75 Å². The van der Waals surface area contributed by atoms with Crippen LogP contribution in [0, 0.1) is 5.92 Å². The molecule has 3 atom stereocenters. The van der Waals surface area contributed by atoms with Crippen molar-refractivity contribution in [1.29, 1.82) is 0 Å². The molecule has 54 heavy (non-hydrogen) atoms. The number of carbonyl (C=O) groups is 3. The second-order valence-electron chi connectivity index (χ2n) is 14.8. The third-order valence-corrected chi connectivity index (χ3v) is 11.2. The first-order chi connectivity index (χ1) is 25.9. The number of aliphatic carboxylic acids is 1. The summed E-state index contributed by atoms with van der Waals surface area (Å²) in [7, 11) is 0. The van der Waals surface area contributed by atoms with Crippen molar-refractivity contribution in [1.82, 2.24) is 20.6 Å². The molecule has 11 heteroatoms. The average molecular weight is 747 g/mol. The zero-order chi connectivity index (χ0) is 38.2. The van der Waals surface area contributed by atoms with Crippen LogP contribution in [0.3, 0.4) is 0 Å². The minimum absolute atomic E-state index is 0.0588. The van der Waals surface area contributed by atoms with Crippen molar-refractivity contribution in [3.8, 4) is 28.3 Å². The van der Waals surface area contributed by atoms with E-state index in [1.165, 1.54) is 37.0 Å². The summed E-state index contributed by atoms with van der Waals surface area (Å²) in [6, 6.07) is 24.3. The summed E-state index contributed by atoms with van der Waals surface area (Å²) in [6.45, 7) is 6.91.